The number of nitrogens with one attached hydrogen (secondary N) is 1. The van der Waals surface area contributed by atoms with Gasteiger partial charge in [0.1, 0.15) is 0 Å². The Hall–Kier alpha value is -1.72. The van der Waals surface area contributed by atoms with E-state index in [2.05, 4.69) is 22.4 Å². The summed E-state index contributed by atoms with van der Waals surface area (Å²) >= 11 is 1.59. The van der Waals surface area contributed by atoms with Gasteiger partial charge < -0.3 is 4.90 Å². The van der Waals surface area contributed by atoms with Crippen LogP contribution < -0.4 is 5.43 Å². The number of rotatable bonds is 4. The summed E-state index contributed by atoms with van der Waals surface area (Å²) in [5, 5.41) is 7.25. The number of likely N-dealkylation sites (tertiary alicyclic amines) is 1. The van der Waals surface area contributed by atoms with Gasteiger partial charge in [0.2, 0.25) is 0 Å². The molecule has 1 saturated heterocycles. The number of amides is 1. The largest absolute Gasteiger partial charge is 0.303 e. The number of benzene rings is 1. The molecule has 0 unspecified atom stereocenters. The summed E-state index contributed by atoms with van der Waals surface area (Å²) in [5.74, 6) is -0.110. The van der Waals surface area contributed by atoms with Crippen molar-refractivity contribution < 1.29 is 4.79 Å². The van der Waals surface area contributed by atoms with Crippen LogP contribution in [0.15, 0.2) is 34.7 Å². The van der Waals surface area contributed by atoms with Gasteiger partial charge in [0.15, 0.2) is 0 Å². The number of hydrogen-bond acceptors (Lipinski definition) is 4. The molecule has 0 radical (unpaired) electrons. The van der Waals surface area contributed by atoms with Gasteiger partial charge in [-0.1, -0.05) is 25.1 Å². The summed E-state index contributed by atoms with van der Waals surface area (Å²) in [6, 6.07) is 7.97. The Labute approximate surface area is 134 Å². The Kier molecular flexibility index (Phi) is 4.85. The minimum atomic E-state index is -0.110. The molecule has 22 heavy (non-hydrogen) atoms. The molecule has 0 saturated carbocycles. The van der Waals surface area contributed by atoms with Crippen LogP contribution in [0, 0.1) is 0 Å². The van der Waals surface area contributed by atoms with Crippen molar-refractivity contribution in [3.63, 3.8) is 0 Å². The van der Waals surface area contributed by atoms with E-state index >= 15 is 0 Å². The van der Waals surface area contributed by atoms with Crippen molar-refractivity contribution in [2.75, 3.05) is 19.6 Å². The van der Waals surface area contributed by atoms with Gasteiger partial charge in [0.05, 0.1) is 5.56 Å². The summed E-state index contributed by atoms with van der Waals surface area (Å²) in [6.45, 7) is 5.45. The summed E-state index contributed by atoms with van der Waals surface area (Å²) in [4.78, 5) is 14.8. The van der Waals surface area contributed by atoms with Crippen molar-refractivity contribution in [2.24, 2.45) is 5.10 Å². The molecule has 1 amide bonds. The number of thiophene rings is 1. The smallest absolute Gasteiger partial charge is 0.272 e. The van der Waals surface area contributed by atoms with Gasteiger partial charge in [-0.15, -0.1) is 11.3 Å². The molecule has 4 nitrogen and oxygen atoms in total. The Bertz CT molecular complexity index is 682. The first-order valence-corrected chi connectivity index (χ1v) is 8.70. The number of carbonyl (C=O) groups excluding carboxylic acids is 1. The Morgan fingerprint density at radius 1 is 1.32 bits per heavy atom. The second-order valence-corrected chi connectivity index (χ2v) is 6.52. The fourth-order valence-electron chi connectivity index (χ4n) is 2.81. The Morgan fingerprint density at radius 2 is 2.09 bits per heavy atom. The zero-order valence-electron chi connectivity index (χ0n) is 12.8. The number of nitrogens with zero attached hydrogens (tertiary/aromatic N) is 2. The molecule has 3 rings (SSSR count). The third kappa shape index (κ3) is 3.36. The van der Waals surface area contributed by atoms with Crippen molar-refractivity contribution in [1.29, 1.82) is 0 Å². The van der Waals surface area contributed by atoms with Crippen molar-refractivity contribution in [3.8, 4) is 0 Å². The molecule has 0 aliphatic carbocycles. The minimum Gasteiger partial charge on any atom is -0.303 e. The number of hydrogen-bond donors (Lipinski definition) is 1. The van der Waals surface area contributed by atoms with Gasteiger partial charge in [-0.3, -0.25) is 4.79 Å². The van der Waals surface area contributed by atoms with Crippen LogP contribution in [0.2, 0.25) is 0 Å². The van der Waals surface area contributed by atoms with Gasteiger partial charge in [-0.25, -0.2) is 5.43 Å². The zero-order valence-corrected chi connectivity index (χ0v) is 13.7. The van der Waals surface area contributed by atoms with Crippen LogP contribution in [-0.2, 0) is 0 Å². The first-order valence-electron chi connectivity index (χ1n) is 7.82. The summed E-state index contributed by atoms with van der Waals surface area (Å²) in [5.41, 5.74) is 4.54. The second kappa shape index (κ2) is 7.03. The lowest BCUT2D eigenvalue weighted by molar-refractivity contribution is 0.0956. The van der Waals surface area contributed by atoms with Crippen LogP contribution >= 0.6 is 11.3 Å². The molecule has 1 aliphatic heterocycles. The van der Waals surface area contributed by atoms with Crippen LogP contribution in [0.5, 0.6) is 0 Å². The molecule has 2 aromatic rings. The highest BCUT2D eigenvalue weighted by atomic mass is 32.1. The predicted octanol–water partition coefficient (Wildman–Crippen LogP) is 3.49. The molecular weight excluding hydrogens is 294 g/mol. The normalized spacial score (nSPS) is 16.0. The van der Waals surface area contributed by atoms with Gasteiger partial charge >= 0.3 is 0 Å². The van der Waals surface area contributed by atoms with Crippen LogP contribution in [0.1, 0.15) is 36.5 Å². The van der Waals surface area contributed by atoms with Crippen LogP contribution in [0.25, 0.3) is 10.1 Å². The van der Waals surface area contributed by atoms with Crippen LogP contribution in [0.3, 0.4) is 0 Å². The summed E-state index contributed by atoms with van der Waals surface area (Å²) in [7, 11) is 0. The standard InChI is InChI=1S/C17H21N3OS/c1-2-9-20-10-7-13(8-11-20)18-19-17(21)15-12-22-16-6-4-3-5-14(15)16/h3-6,12H,2,7-11H2,1H3,(H,19,21). The molecule has 2 heterocycles. The number of fused-ring (bicyclic) bond motifs is 1. The molecule has 0 bridgehead atoms. The molecule has 1 aromatic heterocycles. The molecule has 1 aromatic carbocycles. The average molecular weight is 315 g/mol. The number of hydrazone groups is 1. The molecule has 1 aliphatic rings. The highest BCUT2D eigenvalue weighted by Gasteiger charge is 2.15. The summed E-state index contributed by atoms with van der Waals surface area (Å²) < 4.78 is 1.13. The van der Waals surface area contributed by atoms with E-state index in [0.717, 1.165) is 48.3 Å². The highest BCUT2D eigenvalue weighted by Crippen LogP contribution is 2.25. The molecular formula is C17H21N3OS. The highest BCUT2D eigenvalue weighted by molar-refractivity contribution is 7.17. The van der Waals surface area contributed by atoms with E-state index in [-0.39, 0.29) is 5.91 Å². The lowest BCUT2D eigenvalue weighted by Gasteiger charge is -2.26. The molecule has 0 spiro atoms. The predicted molar refractivity (Wildman–Crippen MR) is 92.7 cm³/mol. The average Bonchev–Trinajstić information content (AvgIpc) is 2.98. The van der Waals surface area contributed by atoms with Gasteiger partial charge in [-0.2, -0.15) is 5.10 Å². The second-order valence-electron chi connectivity index (χ2n) is 5.61. The van der Waals surface area contributed by atoms with Crippen molar-refractivity contribution in [2.45, 2.75) is 26.2 Å². The summed E-state index contributed by atoms with van der Waals surface area (Å²) in [6.07, 6.45) is 3.09. The van der Waals surface area contributed by atoms with Gasteiger partial charge in [0, 0.05) is 47.1 Å². The fraction of sp³-hybridized carbons (Fsp3) is 0.412. The lowest BCUT2D eigenvalue weighted by Crippen LogP contribution is -2.35. The minimum absolute atomic E-state index is 0.110. The van der Waals surface area contributed by atoms with E-state index in [1.165, 1.54) is 6.42 Å². The maximum absolute atomic E-state index is 12.3. The zero-order chi connectivity index (χ0) is 15.4. The fourth-order valence-corrected chi connectivity index (χ4v) is 3.75. The maximum Gasteiger partial charge on any atom is 0.272 e. The lowest BCUT2D eigenvalue weighted by atomic mass is 10.1. The van der Waals surface area contributed by atoms with Gasteiger partial charge in [-0.05, 0) is 19.0 Å². The first-order chi connectivity index (χ1) is 10.8. The third-order valence-corrected chi connectivity index (χ3v) is 4.98. The van der Waals surface area contributed by atoms with E-state index in [1.807, 2.05) is 29.6 Å². The molecule has 1 N–H and O–H groups in total. The molecule has 1 fully saturated rings. The van der Waals surface area contributed by atoms with Crippen molar-refractivity contribution in [1.82, 2.24) is 10.3 Å². The quantitative estimate of drug-likeness (QED) is 0.878. The topological polar surface area (TPSA) is 44.7 Å². The number of piperidine rings is 1. The first kappa shape index (κ1) is 15.2. The van der Waals surface area contributed by atoms with Crippen LogP contribution in [0.4, 0.5) is 0 Å². The van der Waals surface area contributed by atoms with E-state index in [9.17, 15) is 4.79 Å². The van der Waals surface area contributed by atoms with Crippen molar-refractivity contribution >= 4 is 33.0 Å². The van der Waals surface area contributed by atoms with E-state index in [1.54, 1.807) is 11.3 Å². The Balaban J connectivity index is 1.62. The number of carbonyl (C=O) groups is 1. The van der Waals surface area contributed by atoms with Crippen molar-refractivity contribution in [3.05, 3.63) is 35.2 Å². The SMILES string of the molecule is CCCN1CCC(=NNC(=O)c2csc3ccccc23)CC1. The molecule has 116 valence electrons. The van der Waals surface area contributed by atoms with E-state index in [0.29, 0.717) is 5.56 Å². The maximum atomic E-state index is 12.3. The van der Waals surface area contributed by atoms with E-state index in [4.69, 9.17) is 0 Å². The molecule has 0 atom stereocenters. The Morgan fingerprint density at radius 3 is 2.86 bits per heavy atom. The third-order valence-electron chi connectivity index (χ3n) is 4.01. The van der Waals surface area contributed by atoms with Crippen LogP contribution in [-0.4, -0.2) is 36.2 Å². The van der Waals surface area contributed by atoms with Gasteiger partial charge in [0.25, 0.3) is 5.91 Å². The van der Waals surface area contributed by atoms with E-state index < -0.39 is 0 Å². The molecule has 5 heteroatoms. The monoisotopic (exact) mass is 315 g/mol.